The Hall–Kier alpha value is -2.06. The highest BCUT2D eigenvalue weighted by Crippen LogP contribution is 2.32. The average molecular weight is 437 g/mol. The maximum Gasteiger partial charge on any atom is 0.246 e. The largest absolute Gasteiger partial charge is 0.497 e. The molecule has 1 aliphatic carbocycles. The molecule has 0 aromatic heterocycles. The van der Waals surface area contributed by atoms with Gasteiger partial charge in [0.05, 0.1) is 20.1 Å². The van der Waals surface area contributed by atoms with Gasteiger partial charge in [0.25, 0.3) is 0 Å². The van der Waals surface area contributed by atoms with E-state index in [4.69, 9.17) is 9.47 Å². The van der Waals surface area contributed by atoms with Gasteiger partial charge in [0.1, 0.15) is 16.4 Å². The zero-order chi connectivity index (χ0) is 21.6. The number of rotatable bonds is 8. The second kappa shape index (κ2) is 10.3. The minimum atomic E-state index is -3.80. The van der Waals surface area contributed by atoms with Crippen LogP contribution in [0.3, 0.4) is 0 Å². The van der Waals surface area contributed by atoms with Gasteiger partial charge in [-0.1, -0.05) is 11.6 Å². The highest BCUT2D eigenvalue weighted by Gasteiger charge is 2.35. The molecule has 8 heteroatoms. The molecule has 7 nitrogen and oxygen atoms in total. The van der Waals surface area contributed by atoms with Crippen molar-refractivity contribution in [2.45, 2.75) is 49.8 Å². The zero-order valence-corrected chi connectivity index (χ0v) is 18.7. The molecule has 1 saturated heterocycles. The molecule has 1 aliphatic heterocycles. The van der Waals surface area contributed by atoms with Gasteiger partial charge in [-0.2, -0.15) is 4.31 Å². The van der Waals surface area contributed by atoms with Crippen LogP contribution in [0.5, 0.6) is 11.5 Å². The number of hydrogen-bond donors (Lipinski definition) is 1. The summed E-state index contributed by atoms with van der Waals surface area (Å²) in [4.78, 5) is 12.7. The Labute approximate surface area is 179 Å². The Bertz CT molecular complexity index is 882. The molecule has 1 fully saturated rings. The summed E-state index contributed by atoms with van der Waals surface area (Å²) in [5.41, 5.74) is 1.42. The monoisotopic (exact) mass is 436 g/mol. The number of ether oxygens (including phenoxy) is 2. The number of methoxy groups -OCH3 is 2. The highest BCUT2D eigenvalue weighted by atomic mass is 32.2. The molecule has 30 heavy (non-hydrogen) atoms. The molecule has 0 saturated carbocycles. The summed E-state index contributed by atoms with van der Waals surface area (Å²) in [6.07, 6.45) is 9.22. The molecule has 1 heterocycles. The lowest BCUT2D eigenvalue weighted by molar-refractivity contribution is -0.126. The number of nitrogens with zero attached hydrogens (tertiary/aromatic N) is 1. The van der Waals surface area contributed by atoms with E-state index in [2.05, 4.69) is 11.4 Å². The van der Waals surface area contributed by atoms with Crippen molar-refractivity contribution in [2.75, 3.05) is 33.9 Å². The number of sulfonamides is 1. The predicted molar refractivity (Wildman–Crippen MR) is 115 cm³/mol. The van der Waals surface area contributed by atoms with Gasteiger partial charge in [0, 0.05) is 25.7 Å². The fourth-order valence-electron chi connectivity index (χ4n) is 4.12. The molecular weight excluding hydrogens is 404 g/mol. The summed E-state index contributed by atoms with van der Waals surface area (Å²) in [6.45, 7) is 1.17. The molecule has 1 amide bonds. The molecule has 1 aromatic rings. The fourth-order valence-corrected chi connectivity index (χ4v) is 5.82. The molecule has 1 N–H and O–H groups in total. The first-order valence-electron chi connectivity index (χ1n) is 10.6. The van der Waals surface area contributed by atoms with E-state index in [1.807, 2.05) is 0 Å². The normalized spacial score (nSPS) is 20.3. The first-order chi connectivity index (χ1) is 14.5. The molecule has 3 rings (SSSR count). The van der Waals surface area contributed by atoms with E-state index in [0.717, 1.165) is 19.3 Å². The van der Waals surface area contributed by atoms with Gasteiger partial charge in [-0.25, -0.2) is 8.42 Å². The highest BCUT2D eigenvalue weighted by molar-refractivity contribution is 7.89. The van der Waals surface area contributed by atoms with Crippen LogP contribution in [0.2, 0.25) is 0 Å². The van der Waals surface area contributed by atoms with Crippen LogP contribution in [-0.4, -0.2) is 52.5 Å². The molecule has 1 aromatic carbocycles. The lowest BCUT2D eigenvalue weighted by atomic mass is 9.96. The first-order valence-corrected chi connectivity index (χ1v) is 12.1. The van der Waals surface area contributed by atoms with Crippen molar-refractivity contribution in [3.05, 3.63) is 29.8 Å². The third kappa shape index (κ3) is 5.35. The van der Waals surface area contributed by atoms with E-state index in [-0.39, 0.29) is 29.0 Å². The number of piperidine rings is 1. The van der Waals surface area contributed by atoms with Crippen molar-refractivity contribution in [3.8, 4) is 11.5 Å². The Morgan fingerprint density at radius 3 is 2.73 bits per heavy atom. The van der Waals surface area contributed by atoms with E-state index < -0.39 is 10.0 Å². The Morgan fingerprint density at radius 1 is 1.20 bits per heavy atom. The van der Waals surface area contributed by atoms with Crippen molar-refractivity contribution in [1.82, 2.24) is 9.62 Å². The Kier molecular flexibility index (Phi) is 7.77. The summed E-state index contributed by atoms with van der Waals surface area (Å²) >= 11 is 0. The van der Waals surface area contributed by atoms with Gasteiger partial charge in [0.2, 0.25) is 15.9 Å². The molecular formula is C22H32N2O5S. The van der Waals surface area contributed by atoms with E-state index >= 15 is 0 Å². The molecule has 0 radical (unpaired) electrons. The second-order valence-corrected chi connectivity index (χ2v) is 9.77. The number of carbonyl (C=O) groups excluding carboxylic acids is 1. The minimum absolute atomic E-state index is 0.0645. The van der Waals surface area contributed by atoms with Crippen LogP contribution < -0.4 is 14.8 Å². The van der Waals surface area contributed by atoms with Crippen molar-refractivity contribution in [3.63, 3.8) is 0 Å². The van der Waals surface area contributed by atoms with Crippen LogP contribution >= 0.6 is 0 Å². The maximum atomic E-state index is 13.3. The van der Waals surface area contributed by atoms with Crippen molar-refractivity contribution >= 4 is 15.9 Å². The van der Waals surface area contributed by atoms with Crippen LogP contribution in [0.25, 0.3) is 0 Å². The molecule has 1 unspecified atom stereocenters. The quantitative estimate of drug-likeness (QED) is 0.633. The molecule has 0 spiro atoms. The lowest BCUT2D eigenvalue weighted by Gasteiger charge is -2.31. The summed E-state index contributed by atoms with van der Waals surface area (Å²) in [7, 11) is -0.874. The summed E-state index contributed by atoms with van der Waals surface area (Å²) in [5, 5.41) is 3.01. The first kappa shape index (κ1) is 22.6. The Morgan fingerprint density at radius 2 is 2.03 bits per heavy atom. The number of hydrogen-bond acceptors (Lipinski definition) is 5. The number of benzene rings is 1. The summed E-state index contributed by atoms with van der Waals surface area (Å²) < 4.78 is 38.4. The van der Waals surface area contributed by atoms with Crippen LogP contribution in [0, 0.1) is 5.92 Å². The van der Waals surface area contributed by atoms with E-state index in [9.17, 15) is 13.2 Å². The Balaban J connectivity index is 1.64. The predicted octanol–water partition coefficient (Wildman–Crippen LogP) is 3.11. The lowest BCUT2D eigenvalue weighted by Crippen LogP contribution is -2.45. The molecule has 166 valence electrons. The second-order valence-electron chi connectivity index (χ2n) is 7.87. The number of nitrogens with one attached hydrogen (secondary N) is 1. The van der Waals surface area contributed by atoms with Crippen LogP contribution in [-0.2, 0) is 14.8 Å². The number of amides is 1. The maximum absolute atomic E-state index is 13.3. The van der Waals surface area contributed by atoms with Gasteiger partial charge in [-0.3, -0.25) is 4.79 Å². The van der Waals surface area contributed by atoms with Crippen molar-refractivity contribution < 1.29 is 22.7 Å². The smallest absolute Gasteiger partial charge is 0.246 e. The van der Waals surface area contributed by atoms with Gasteiger partial charge in [-0.05, 0) is 57.1 Å². The number of allylic oxidation sites excluding steroid dienone is 1. The third-order valence-electron chi connectivity index (χ3n) is 5.87. The van der Waals surface area contributed by atoms with E-state index in [1.165, 1.54) is 43.0 Å². The van der Waals surface area contributed by atoms with Gasteiger partial charge >= 0.3 is 0 Å². The summed E-state index contributed by atoms with van der Waals surface area (Å²) in [5.74, 6) is 0.301. The molecule has 1 atom stereocenters. The standard InChI is InChI=1S/C22H32N2O5S/c1-28-19-10-11-20(29-2)21(15-19)30(26,27)24-14-6-9-18(16-24)22(25)23-13-12-17-7-4-3-5-8-17/h7,10-11,15,18H,3-6,8-9,12-14,16H2,1-2H3,(H,23,25). The summed E-state index contributed by atoms with van der Waals surface area (Å²) in [6, 6.07) is 4.71. The topological polar surface area (TPSA) is 84.9 Å². The molecule has 0 bridgehead atoms. The minimum Gasteiger partial charge on any atom is -0.497 e. The van der Waals surface area contributed by atoms with Crippen molar-refractivity contribution in [2.24, 2.45) is 5.92 Å². The van der Waals surface area contributed by atoms with Gasteiger partial charge < -0.3 is 14.8 Å². The van der Waals surface area contributed by atoms with Crippen molar-refractivity contribution in [1.29, 1.82) is 0 Å². The van der Waals surface area contributed by atoms with Crippen LogP contribution in [0.4, 0.5) is 0 Å². The zero-order valence-electron chi connectivity index (χ0n) is 17.9. The fraction of sp³-hybridized carbons (Fsp3) is 0.591. The van der Waals surface area contributed by atoms with Crippen LogP contribution in [0.1, 0.15) is 44.9 Å². The molecule has 2 aliphatic rings. The average Bonchev–Trinajstić information content (AvgIpc) is 2.79. The van der Waals surface area contributed by atoms with Crippen LogP contribution in [0.15, 0.2) is 34.7 Å². The van der Waals surface area contributed by atoms with Gasteiger partial charge in [0.15, 0.2) is 0 Å². The van der Waals surface area contributed by atoms with E-state index in [0.29, 0.717) is 31.7 Å². The van der Waals surface area contributed by atoms with E-state index in [1.54, 1.807) is 12.1 Å². The third-order valence-corrected chi connectivity index (χ3v) is 7.76. The van der Waals surface area contributed by atoms with Gasteiger partial charge in [-0.15, -0.1) is 0 Å². The number of carbonyl (C=O) groups is 1. The SMILES string of the molecule is COc1ccc(OC)c(S(=O)(=O)N2CCCC(C(=O)NCCC3=CCCCC3)C2)c1.